The van der Waals surface area contributed by atoms with Crippen LogP contribution in [0.4, 0.5) is 5.69 Å². The molecular formula is C17H26N2O. The van der Waals surface area contributed by atoms with Crippen molar-refractivity contribution in [3.8, 4) is 0 Å². The van der Waals surface area contributed by atoms with Crippen molar-refractivity contribution in [1.29, 1.82) is 0 Å². The van der Waals surface area contributed by atoms with Gasteiger partial charge in [0.25, 0.3) is 5.91 Å². The van der Waals surface area contributed by atoms with Gasteiger partial charge in [0.1, 0.15) is 0 Å². The molecular weight excluding hydrogens is 248 g/mol. The van der Waals surface area contributed by atoms with E-state index in [1.54, 1.807) is 0 Å². The van der Waals surface area contributed by atoms with Crippen LogP contribution in [-0.2, 0) is 0 Å². The Morgan fingerprint density at radius 2 is 1.75 bits per heavy atom. The summed E-state index contributed by atoms with van der Waals surface area (Å²) in [4.78, 5) is 12.2. The Hall–Kier alpha value is -1.51. The monoisotopic (exact) mass is 274 g/mol. The zero-order valence-corrected chi connectivity index (χ0v) is 12.6. The molecule has 2 rings (SSSR count). The first-order valence-electron chi connectivity index (χ1n) is 7.87. The van der Waals surface area contributed by atoms with Crippen LogP contribution in [0.3, 0.4) is 0 Å². The summed E-state index contributed by atoms with van der Waals surface area (Å²) < 4.78 is 0. The van der Waals surface area contributed by atoms with E-state index in [-0.39, 0.29) is 5.91 Å². The first-order valence-corrected chi connectivity index (χ1v) is 7.87. The lowest BCUT2D eigenvalue weighted by atomic mass is 9.84. The number of amides is 1. The topological polar surface area (TPSA) is 41.1 Å². The minimum atomic E-state index is 0.0630. The number of hydrogen-bond acceptors (Lipinski definition) is 2. The predicted octanol–water partition coefficient (Wildman–Crippen LogP) is 3.82. The van der Waals surface area contributed by atoms with Crippen molar-refractivity contribution in [2.75, 3.05) is 11.9 Å². The average molecular weight is 274 g/mol. The Morgan fingerprint density at radius 1 is 1.10 bits per heavy atom. The third-order valence-corrected chi connectivity index (χ3v) is 4.29. The van der Waals surface area contributed by atoms with Gasteiger partial charge in [0.15, 0.2) is 0 Å². The zero-order valence-electron chi connectivity index (χ0n) is 12.6. The van der Waals surface area contributed by atoms with Crippen LogP contribution in [0.15, 0.2) is 24.3 Å². The number of carbonyl (C=O) groups excluding carboxylic acids is 1. The molecule has 0 saturated heterocycles. The molecule has 0 radical (unpaired) electrons. The molecule has 1 saturated carbocycles. The van der Waals surface area contributed by atoms with E-state index in [0.717, 1.165) is 36.6 Å². The van der Waals surface area contributed by atoms with Gasteiger partial charge < -0.3 is 10.6 Å². The van der Waals surface area contributed by atoms with Crippen molar-refractivity contribution in [3.63, 3.8) is 0 Å². The van der Waals surface area contributed by atoms with E-state index in [2.05, 4.69) is 24.5 Å². The van der Waals surface area contributed by atoms with Crippen molar-refractivity contribution in [2.45, 2.75) is 52.0 Å². The van der Waals surface area contributed by atoms with Crippen LogP contribution in [0.1, 0.15) is 56.3 Å². The van der Waals surface area contributed by atoms with E-state index < -0.39 is 0 Å². The summed E-state index contributed by atoms with van der Waals surface area (Å²) in [6, 6.07) is 8.08. The lowest BCUT2D eigenvalue weighted by Crippen LogP contribution is -2.37. The Kier molecular flexibility index (Phi) is 5.45. The third-order valence-electron chi connectivity index (χ3n) is 4.29. The molecule has 110 valence electrons. The third kappa shape index (κ3) is 3.99. The van der Waals surface area contributed by atoms with E-state index in [1.165, 1.54) is 19.3 Å². The van der Waals surface area contributed by atoms with Crippen molar-refractivity contribution < 1.29 is 4.79 Å². The Labute approximate surface area is 122 Å². The van der Waals surface area contributed by atoms with E-state index in [1.807, 2.05) is 24.3 Å². The smallest absolute Gasteiger partial charge is 0.251 e. The highest BCUT2D eigenvalue weighted by Gasteiger charge is 2.21. The maximum absolute atomic E-state index is 12.2. The second-order valence-electron chi connectivity index (χ2n) is 5.71. The zero-order chi connectivity index (χ0) is 14.4. The first-order chi connectivity index (χ1) is 9.72. The minimum Gasteiger partial charge on any atom is -0.385 e. The molecule has 2 N–H and O–H groups in total. The van der Waals surface area contributed by atoms with Gasteiger partial charge in [-0.2, -0.15) is 0 Å². The van der Waals surface area contributed by atoms with Crippen LogP contribution in [0.25, 0.3) is 0 Å². The number of carbonyl (C=O) groups is 1. The van der Waals surface area contributed by atoms with Crippen LogP contribution in [0, 0.1) is 5.92 Å². The molecule has 0 bridgehead atoms. The predicted molar refractivity (Wildman–Crippen MR) is 84.1 cm³/mol. The molecule has 3 nitrogen and oxygen atoms in total. The summed E-state index contributed by atoms with van der Waals surface area (Å²) in [6.45, 7) is 5.22. The molecule has 1 aromatic carbocycles. The van der Waals surface area contributed by atoms with Crippen molar-refractivity contribution >= 4 is 11.6 Å². The van der Waals surface area contributed by atoms with Gasteiger partial charge in [0, 0.05) is 23.8 Å². The average Bonchev–Trinajstić information content (AvgIpc) is 2.49. The van der Waals surface area contributed by atoms with E-state index >= 15 is 0 Å². The lowest BCUT2D eigenvalue weighted by molar-refractivity contribution is 0.0921. The fourth-order valence-electron chi connectivity index (χ4n) is 2.93. The first kappa shape index (κ1) is 14.9. The molecule has 3 heteroatoms. The van der Waals surface area contributed by atoms with Crippen molar-refractivity contribution in [2.24, 2.45) is 5.92 Å². The summed E-state index contributed by atoms with van der Waals surface area (Å²) in [5.41, 5.74) is 1.82. The van der Waals surface area contributed by atoms with Gasteiger partial charge in [-0.25, -0.2) is 0 Å². The summed E-state index contributed by atoms with van der Waals surface area (Å²) in [5.74, 6) is 0.926. The molecule has 1 aliphatic carbocycles. The van der Waals surface area contributed by atoms with E-state index in [0.29, 0.717) is 6.04 Å². The van der Waals surface area contributed by atoms with Gasteiger partial charge in [-0.1, -0.05) is 13.3 Å². The van der Waals surface area contributed by atoms with Gasteiger partial charge in [0.05, 0.1) is 0 Å². The Balaban J connectivity index is 1.85. The normalized spacial score (nSPS) is 22.3. The summed E-state index contributed by atoms with van der Waals surface area (Å²) >= 11 is 0. The van der Waals surface area contributed by atoms with Crippen molar-refractivity contribution in [1.82, 2.24) is 5.32 Å². The number of benzene rings is 1. The SMILES string of the molecule is CCNc1ccc(C(=O)NC2CCC(CC)CC2)cc1. The molecule has 0 unspecified atom stereocenters. The Morgan fingerprint density at radius 3 is 2.30 bits per heavy atom. The maximum Gasteiger partial charge on any atom is 0.251 e. The molecule has 20 heavy (non-hydrogen) atoms. The highest BCUT2D eigenvalue weighted by molar-refractivity contribution is 5.94. The highest BCUT2D eigenvalue weighted by Crippen LogP contribution is 2.26. The molecule has 0 atom stereocenters. The van der Waals surface area contributed by atoms with E-state index in [4.69, 9.17) is 0 Å². The molecule has 0 aromatic heterocycles. The fraction of sp³-hybridized carbons (Fsp3) is 0.588. The second kappa shape index (κ2) is 7.32. The van der Waals surface area contributed by atoms with Gasteiger partial charge in [0.2, 0.25) is 0 Å². The van der Waals surface area contributed by atoms with Crippen LogP contribution in [0.5, 0.6) is 0 Å². The largest absolute Gasteiger partial charge is 0.385 e. The van der Waals surface area contributed by atoms with Crippen LogP contribution >= 0.6 is 0 Å². The van der Waals surface area contributed by atoms with Gasteiger partial charge in [-0.15, -0.1) is 0 Å². The number of rotatable bonds is 5. The van der Waals surface area contributed by atoms with Gasteiger partial charge in [-0.3, -0.25) is 4.79 Å². The molecule has 1 fully saturated rings. The van der Waals surface area contributed by atoms with Gasteiger partial charge in [-0.05, 0) is 62.8 Å². The van der Waals surface area contributed by atoms with Gasteiger partial charge >= 0.3 is 0 Å². The van der Waals surface area contributed by atoms with Crippen molar-refractivity contribution in [3.05, 3.63) is 29.8 Å². The number of nitrogens with one attached hydrogen (secondary N) is 2. The molecule has 0 heterocycles. The summed E-state index contributed by atoms with van der Waals surface area (Å²) in [6.07, 6.45) is 6.02. The summed E-state index contributed by atoms with van der Waals surface area (Å²) in [5, 5.41) is 6.41. The second-order valence-corrected chi connectivity index (χ2v) is 5.71. The minimum absolute atomic E-state index is 0.0630. The molecule has 1 amide bonds. The summed E-state index contributed by atoms with van der Waals surface area (Å²) in [7, 11) is 0. The lowest BCUT2D eigenvalue weighted by Gasteiger charge is -2.28. The van der Waals surface area contributed by atoms with Crippen LogP contribution in [-0.4, -0.2) is 18.5 Å². The standard InChI is InChI=1S/C17H26N2O/c1-3-13-5-9-16(10-6-13)19-17(20)14-7-11-15(12-8-14)18-4-2/h7-8,11-13,16,18H,3-6,9-10H2,1-2H3,(H,19,20). The fourth-order valence-corrected chi connectivity index (χ4v) is 2.93. The maximum atomic E-state index is 12.2. The molecule has 0 aliphatic heterocycles. The van der Waals surface area contributed by atoms with Crippen LogP contribution in [0.2, 0.25) is 0 Å². The number of hydrogen-bond donors (Lipinski definition) is 2. The molecule has 1 aliphatic rings. The highest BCUT2D eigenvalue weighted by atomic mass is 16.1. The van der Waals surface area contributed by atoms with Crippen LogP contribution < -0.4 is 10.6 Å². The molecule has 1 aromatic rings. The quantitative estimate of drug-likeness (QED) is 0.857. The van der Waals surface area contributed by atoms with E-state index in [9.17, 15) is 4.79 Å². The molecule has 0 spiro atoms. The Bertz CT molecular complexity index is 419. The number of anilines is 1.